The van der Waals surface area contributed by atoms with Crippen LogP contribution in [0.25, 0.3) is 0 Å². The Kier molecular flexibility index (Phi) is 3.62. The van der Waals surface area contributed by atoms with E-state index in [-0.39, 0.29) is 0 Å². The molecule has 1 aromatic rings. The lowest BCUT2D eigenvalue weighted by atomic mass is 10.00. The minimum atomic E-state index is 0.422. The predicted molar refractivity (Wildman–Crippen MR) is 77.0 cm³/mol. The molecule has 1 fully saturated rings. The van der Waals surface area contributed by atoms with Crippen LogP contribution in [0.3, 0.4) is 0 Å². The second-order valence-electron chi connectivity index (χ2n) is 5.55. The Morgan fingerprint density at radius 3 is 3.00 bits per heavy atom. The maximum atomic E-state index is 6.15. The summed E-state index contributed by atoms with van der Waals surface area (Å²) in [6.45, 7) is 0.834. The highest BCUT2D eigenvalue weighted by Gasteiger charge is 2.28. The van der Waals surface area contributed by atoms with E-state index >= 15 is 0 Å². The molecule has 1 unspecified atom stereocenters. The monoisotopic (exact) mass is 309 g/mol. The van der Waals surface area contributed by atoms with E-state index < -0.39 is 0 Å². The number of hydrogen-bond acceptors (Lipinski definition) is 2. The lowest BCUT2D eigenvalue weighted by molar-refractivity contribution is 0.352. The van der Waals surface area contributed by atoms with Gasteiger partial charge in [0.05, 0.1) is 6.61 Å². The lowest BCUT2D eigenvalue weighted by Gasteiger charge is -2.12. The highest BCUT2D eigenvalue weighted by molar-refractivity contribution is 9.10. The van der Waals surface area contributed by atoms with Crippen molar-refractivity contribution >= 4 is 15.9 Å². The fraction of sp³-hybridized carbons (Fsp3) is 0.600. The first kappa shape index (κ1) is 12.5. The molecular formula is C15H20BrNO. The Bertz CT molecular complexity index is 442. The summed E-state index contributed by atoms with van der Waals surface area (Å²) in [4.78, 5) is 0. The van der Waals surface area contributed by atoms with E-state index in [2.05, 4.69) is 28.1 Å². The van der Waals surface area contributed by atoms with Gasteiger partial charge in [-0.25, -0.2) is 0 Å². The van der Waals surface area contributed by atoms with Crippen LogP contribution in [0.5, 0.6) is 5.75 Å². The van der Waals surface area contributed by atoms with Gasteiger partial charge in [-0.2, -0.15) is 0 Å². The molecule has 0 amide bonds. The fourth-order valence-electron chi connectivity index (χ4n) is 2.82. The van der Waals surface area contributed by atoms with Crippen molar-refractivity contribution in [2.45, 2.75) is 44.6 Å². The van der Waals surface area contributed by atoms with Gasteiger partial charge in [0.2, 0.25) is 0 Å². The van der Waals surface area contributed by atoms with Crippen LogP contribution >= 0.6 is 15.9 Å². The number of rotatable bonds is 5. The Morgan fingerprint density at radius 2 is 2.22 bits per heavy atom. The molecular weight excluding hydrogens is 290 g/mol. The van der Waals surface area contributed by atoms with Gasteiger partial charge < -0.3 is 10.5 Å². The van der Waals surface area contributed by atoms with Gasteiger partial charge in [0, 0.05) is 16.9 Å². The van der Waals surface area contributed by atoms with E-state index in [0.717, 1.165) is 37.5 Å². The van der Waals surface area contributed by atoms with Crippen LogP contribution in [0.2, 0.25) is 0 Å². The summed E-state index contributed by atoms with van der Waals surface area (Å²) >= 11 is 3.59. The third kappa shape index (κ3) is 2.72. The Morgan fingerprint density at radius 1 is 1.39 bits per heavy atom. The molecule has 0 saturated heterocycles. The Labute approximate surface area is 117 Å². The first-order chi connectivity index (χ1) is 8.74. The average molecular weight is 310 g/mol. The molecule has 1 aromatic carbocycles. The van der Waals surface area contributed by atoms with Gasteiger partial charge in [0.15, 0.2) is 0 Å². The van der Waals surface area contributed by atoms with Gasteiger partial charge in [-0.1, -0.05) is 15.9 Å². The van der Waals surface area contributed by atoms with Crippen molar-refractivity contribution in [1.29, 1.82) is 0 Å². The summed E-state index contributed by atoms with van der Waals surface area (Å²) in [7, 11) is 0. The van der Waals surface area contributed by atoms with Gasteiger partial charge in [-0.15, -0.1) is 0 Å². The quantitative estimate of drug-likeness (QED) is 0.904. The smallest absolute Gasteiger partial charge is 0.125 e. The largest absolute Gasteiger partial charge is 0.493 e. The highest BCUT2D eigenvalue weighted by atomic mass is 79.9. The van der Waals surface area contributed by atoms with Crippen LogP contribution in [-0.2, 0) is 12.8 Å². The van der Waals surface area contributed by atoms with E-state index in [1.807, 2.05) is 0 Å². The number of ether oxygens (including phenoxy) is 1. The van der Waals surface area contributed by atoms with Crippen LogP contribution in [0.4, 0.5) is 0 Å². The van der Waals surface area contributed by atoms with Crippen molar-refractivity contribution in [2.75, 3.05) is 6.61 Å². The molecule has 0 aromatic heterocycles. The number of aryl methyl sites for hydroxylation is 1. The first-order valence-electron chi connectivity index (χ1n) is 6.94. The van der Waals surface area contributed by atoms with Crippen molar-refractivity contribution in [3.05, 3.63) is 27.7 Å². The molecule has 0 bridgehead atoms. The minimum Gasteiger partial charge on any atom is -0.493 e. The molecule has 1 aliphatic carbocycles. The maximum Gasteiger partial charge on any atom is 0.125 e. The van der Waals surface area contributed by atoms with Crippen molar-refractivity contribution in [3.63, 3.8) is 0 Å². The first-order valence-corrected chi connectivity index (χ1v) is 7.73. The molecule has 2 nitrogen and oxygen atoms in total. The summed E-state index contributed by atoms with van der Waals surface area (Å²) in [5.74, 6) is 1.95. The van der Waals surface area contributed by atoms with Crippen molar-refractivity contribution < 1.29 is 4.74 Å². The number of hydrogen-bond donors (Lipinski definition) is 1. The summed E-state index contributed by atoms with van der Waals surface area (Å²) in [5, 5.41) is 0. The Hall–Kier alpha value is -0.540. The second kappa shape index (κ2) is 5.22. The zero-order chi connectivity index (χ0) is 12.5. The van der Waals surface area contributed by atoms with Gasteiger partial charge in [-0.3, -0.25) is 0 Å². The van der Waals surface area contributed by atoms with Gasteiger partial charge in [0.25, 0.3) is 0 Å². The molecule has 1 saturated carbocycles. The molecule has 98 valence electrons. The topological polar surface area (TPSA) is 35.2 Å². The SMILES string of the molecule is NC(CCCc1cc(Br)cc2c1OCC2)C1CC1. The molecule has 0 radical (unpaired) electrons. The van der Waals surface area contributed by atoms with Gasteiger partial charge in [-0.05, 0) is 61.3 Å². The van der Waals surface area contributed by atoms with Gasteiger partial charge in [0.1, 0.15) is 5.75 Å². The van der Waals surface area contributed by atoms with E-state index in [4.69, 9.17) is 10.5 Å². The van der Waals surface area contributed by atoms with E-state index in [1.54, 1.807) is 0 Å². The van der Waals surface area contributed by atoms with Crippen molar-refractivity contribution in [1.82, 2.24) is 0 Å². The third-order valence-electron chi connectivity index (χ3n) is 4.04. The van der Waals surface area contributed by atoms with Crippen molar-refractivity contribution in [2.24, 2.45) is 11.7 Å². The van der Waals surface area contributed by atoms with Crippen molar-refractivity contribution in [3.8, 4) is 5.75 Å². The molecule has 3 heteroatoms. The molecule has 1 heterocycles. The molecule has 2 aliphatic rings. The maximum absolute atomic E-state index is 6.15. The fourth-order valence-corrected chi connectivity index (χ4v) is 3.37. The molecule has 0 spiro atoms. The zero-order valence-electron chi connectivity index (χ0n) is 10.6. The molecule has 1 atom stereocenters. The van der Waals surface area contributed by atoms with E-state index in [1.165, 1.54) is 34.9 Å². The van der Waals surface area contributed by atoms with E-state index in [0.29, 0.717) is 6.04 Å². The van der Waals surface area contributed by atoms with Crippen LogP contribution in [0, 0.1) is 5.92 Å². The normalized spacial score (nSPS) is 19.4. The summed E-state index contributed by atoms with van der Waals surface area (Å²) in [6.07, 6.45) is 7.13. The van der Waals surface area contributed by atoms with E-state index in [9.17, 15) is 0 Å². The second-order valence-corrected chi connectivity index (χ2v) is 6.46. The van der Waals surface area contributed by atoms with Crippen LogP contribution in [0.1, 0.15) is 36.8 Å². The zero-order valence-corrected chi connectivity index (χ0v) is 12.2. The summed E-state index contributed by atoms with van der Waals surface area (Å²) in [6, 6.07) is 4.81. The molecule has 1 aliphatic heterocycles. The van der Waals surface area contributed by atoms with Crippen LogP contribution in [-0.4, -0.2) is 12.6 Å². The number of benzene rings is 1. The Balaban J connectivity index is 1.61. The van der Waals surface area contributed by atoms with Crippen LogP contribution < -0.4 is 10.5 Å². The highest BCUT2D eigenvalue weighted by Crippen LogP contribution is 2.35. The summed E-state index contributed by atoms with van der Waals surface area (Å²) in [5.41, 5.74) is 8.85. The molecule has 18 heavy (non-hydrogen) atoms. The average Bonchev–Trinajstić information content (AvgIpc) is 3.08. The molecule has 3 rings (SSSR count). The lowest BCUT2D eigenvalue weighted by Crippen LogP contribution is -2.22. The van der Waals surface area contributed by atoms with Crippen LogP contribution in [0.15, 0.2) is 16.6 Å². The number of halogens is 1. The minimum absolute atomic E-state index is 0.422. The number of nitrogens with two attached hydrogens (primary N) is 1. The summed E-state index contributed by atoms with van der Waals surface area (Å²) < 4.78 is 6.92. The predicted octanol–water partition coefficient (Wildman–Crippen LogP) is 3.44. The molecule has 2 N–H and O–H groups in total. The standard InChI is InChI=1S/C15H20BrNO/c16-13-8-11(15-12(9-13)6-7-18-15)2-1-3-14(17)10-4-5-10/h8-10,14H,1-7,17H2. The number of fused-ring (bicyclic) bond motifs is 1. The van der Waals surface area contributed by atoms with Gasteiger partial charge >= 0.3 is 0 Å². The third-order valence-corrected chi connectivity index (χ3v) is 4.49.